The van der Waals surface area contributed by atoms with Crippen LogP contribution in [0.2, 0.25) is 5.02 Å². The lowest BCUT2D eigenvalue weighted by atomic mass is 10.2. The Morgan fingerprint density at radius 2 is 2.00 bits per heavy atom. The van der Waals surface area contributed by atoms with Gasteiger partial charge in [0, 0.05) is 16.8 Å². The molecule has 0 atom stereocenters. The van der Waals surface area contributed by atoms with Gasteiger partial charge in [0.25, 0.3) is 5.56 Å². The molecule has 100 valence electrons. The highest BCUT2D eigenvalue weighted by Gasteiger charge is 2.11. The lowest BCUT2D eigenvalue weighted by Crippen LogP contribution is -2.20. The van der Waals surface area contributed by atoms with Crippen molar-refractivity contribution < 1.29 is 0 Å². The molecule has 0 saturated carbocycles. The number of benzene rings is 1. The number of pyridine rings is 1. The van der Waals surface area contributed by atoms with Crippen molar-refractivity contribution in [2.24, 2.45) is 0 Å². The van der Waals surface area contributed by atoms with E-state index >= 15 is 0 Å². The molecule has 0 fully saturated rings. The molecular formula is C13H10ClN5O. The highest BCUT2D eigenvalue weighted by molar-refractivity contribution is 6.30. The Balaban J connectivity index is 2.34. The standard InChI is InChI=1S/C13H10ClN5O/c1-9-3-2-4-13(20)19(9)12-7-10(14)5-6-11(12)18-8-15-16-17-18/h2-8H,1H3. The van der Waals surface area contributed by atoms with Gasteiger partial charge in [0.2, 0.25) is 0 Å². The lowest BCUT2D eigenvalue weighted by molar-refractivity contribution is 0.778. The zero-order valence-corrected chi connectivity index (χ0v) is 11.3. The second kappa shape index (κ2) is 4.90. The fourth-order valence-corrected chi connectivity index (χ4v) is 2.21. The third kappa shape index (κ3) is 2.10. The molecule has 2 heterocycles. The van der Waals surface area contributed by atoms with E-state index in [0.717, 1.165) is 5.69 Å². The lowest BCUT2D eigenvalue weighted by Gasteiger charge is -2.14. The minimum atomic E-state index is -0.137. The summed E-state index contributed by atoms with van der Waals surface area (Å²) in [5, 5.41) is 11.6. The number of halogens is 1. The molecule has 1 aromatic carbocycles. The quantitative estimate of drug-likeness (QED) is 0.720. The number of nitrogens with zero attached hydrogens (tertiary/aromatic N) is 5. The summed E-state index contributed by atoms with van der Waals surface area (Å²) in [6.07, 6.45) is 1.47. The highest BCUT2D eigenvalue weighted by atomic mass is 35.5. The Kier molecular flexibility index (Phi) is 3.08. The number of rotatable bonds is 2. The van der Waals surface area contributed by atoms with Crippen molar-refractivity contribution in [2.45, 2.75) is 6.92 Å². The van der Waals surface area contributed by atoms with Crippen LogP contribution in [0.15, 0.2) is 47.5 Å². The molecule has 0 aliphatic rings. The fourth-order valence-electron chi connectivity index (χ4n) is 2.04. The van der Waals surface area contributed by atoms with Gasteiger partial charge < -0.3 is 0 Å². The minimum Gasteiger partial charge on any atom is -0.279 e. The molecule has 0 radical (unpaired) electrons. The largest absolute Gasteiger partial charge is 0.279 e. The summed E-state index contributed by atoms with van der Waals surface area (Å²) in [5.41, 5.74) is 1.97. The van der Waals surface area contributed by atoms with Crippen LogP contribution in [-0.4, -0.2) is 24.8 Å². The Morgan fingerprint density at radius 3 is 2.70 bits per heavy atom. The second-order valence-electron chi connectivity index (χ2n) is 4.23. The fraction of sp³-hybridized carbons (Fsp3) is 0.0769. The van der Waals surface area contributed by atoms with E-state index < -0.39 is 0 Å². The first kappa shape index (κ1) is 12.6. The maximum absolute atomic E-state index is 12.1. The van der Waals surface area contributed by atoms with Gasteiger partial charge in [-0.2, -0.15) is 4.68 Å². The molecule has 3 rings (SSSR count). The van der Waals surface area contributed by atoms with Gasteiger partial charge in [-0.15, -0.1) is 5.10 Å². The van der Waals surface area contributed by atoms with Crippen molar-refractivity contribution in [3.8, 4) is 11.4 Å². The van der Waals surface area contributed by atoms with Gasteiger partial charge >= 0.3 is 0 Å². The summed E-state index contributed by atoms with van der Waals surface area (Å²) >= 11 is 6.06. The van der Waals surface area contributed by atoms with E-state index in [1.165, 1.54) is 17.1 Å². The first-order valence-corrected chi connectivity index (χ1v) is 6.26. The second-order valence-corrected chi connectivity index (χ2v) is 4.66. The monoisotopic (exact) mass is 287 g/mol. The molecule has 0 saturated heterocycles. The molecule has 2 aromatic heterocycles. The van der Waals surface area contributed by atoms with Gasteiger partial charge in [-0.25, -0.2) is 0 Å². The predicted molar refractivity (Wildman–Crippen MR) is 74.5 cm³/mol. The van der Waals surface area contributed by atoms with Gasteiger partial charge in [0.15, 0.2) is 0 Å². The number of aryl methyl sites for hydroxylation is 1. The van der Waals surface area contributed by atoms with E-state index in [0.29, 0.717) is 16.4 Å². The maximum Gasteiger partial charge on any atom is 0.255 e. The third-order valence-electron chi connectivity index (χ3n) is 2.92. The van der Waals surface area contributed by atoms with E-state index in [-0.39, 0.29) is 5.56 Å². The van der Waals surface area contributed by atoms with Crippen LogP contribution in [0.5, 0.6) is 0 Å². The first-order valence-electron chi connectivity index (χ1n) is 5.89. The molecule has 20 heavy (non-hydrogen) atoms. The molecule has 0 amide bonds. The Bertz CT molecular complexity index is 810. The van der Waals surface area contributed by atoms with Gasteiger partial charge in [0.05, 0.1) is 11.4 Å². The Morgan fingerprint density at radius 1 is 1.15 bits per heavy atom. The van der Waals surface area contributed by atoms with Crippen LogP contribution in [0, 0.1) is 6.92 Å². The van der Waals surface area contributed by atoms with Crippen LogP contribution in [0.3, 0.4) is 0 Å². The average Bonchev–Trinajstić information content (AvgIpc) is 2.92. The maximum atomic E-state index is 12.1. The molecule has 0 aliphatic heterocycles. The molecule has 0 bridgehead atoms. The molecule has 0 spiro atoms. The molecule has 0 unspecified atom stereocenters. The minimum absolute atomic E-state index is 0.137. The smallest absolute Gasteiger partial charge is 0.255 e. The normalized spacial score (nSPS) is 10.7. The van der Waals surface area contributed by atoms with Gasteiger partial charge in [-0.1, -0.05) is 17.7 Å². The number of hydrogen-bond acceptors (Lipinski definition) is 4. The van der Waals surface area contributed by atoms with E-state index in [1.807, 2.05) is 13.0 Å². The van der Waals surface area contributed by atoms with Crippen molar-refractivity contribution in [3.05, 3.63) is 63.8 Å². The van der Waals surface area contributed by atoms with Crippen LogP contribution >= 0.6 is 11.6 Å². The topological polar surface area (TPSA) is 65.6 Å². The molecule has 3 aromatic rings. The summed E-state index contributed by atoms with van der Waals surface area (Å²) < 4.78 is 3.06. The SMILES string of the molecule is Cc1cccc(=O)n1-c1cc(Cl)ccc1-n1cnnn1. The van der Waals surface area contributed by atoms with Gasteiger partial charge in [-0.05, 0) is 41.6 Å². The predicted octanol–water partition coefficient (Wildman–Crippen LogP) is 1.78. The van der Waals surface area contributed by atoms with Crippen molar-refractivity contribution in [1.29, 1.82) is 0 Å². The summed E-state index contributed by atoms with van der Waals surface area (Å²) in [4.78, 5) is 12.1. The number of tetrazole rings is 1. The molecular weight excluding hydrogens is 278 g/mol. The molecule has 6 nitrogen and oxygen atoms in total. The number of hydrogen-bond donors (Lipinski definition) is 0. The van der Waals surface area contributed by atoms with Crippen LogP contribution < -0.4 is 5.56 Å². The first-order chi connectivity index (χ1) is 9.66. The van der Waals surface area contributed by atoms with Crippen molar-refractivity contribution >= 4 is 11.6 Å². The van der Waals surface area contributed by atoms with Crippen LogP contribution in [0.1, 0.15) is 5.69 Å². The summed E-state index contributed by atoms with van der Waals surface area (Å²) in [5.74, 6) is 0. The van der Waals surface area contributed by atoms with Crippen molar-refractivity contribution in [1.82, 2.24) is 24.8 Å². The van der Waals surface area contributed by atoms with Crippen LogP contribution in [0.25, 0.3) is 11.4 Å². The highest BCUT2D eigenvalue weighted by Crippen LogP contribution is 2.22. The average molecular weight is 288 g/mol. The summed E-state index contributed by atoms with van der Waals surface area (Å²) in [7, 11) is 0. The van der Waals surface area contributed by atoms with E-state index in [4.69, 9.17) is 11.6 Å². The summed E-state index contributed by atoms with van der Waals surface area (Å²) in [6, 6.07) is 10.3. The van der Waals surface area contributed by atoms with Gasteiger partial charge in [0.1, 0.15) is 6.33 Å². The van der Waals surface area contributed by atoms with Crippen LogP contribution in [-0.2, 0) is 0 Å². The zero-order chi connectivity index (χ0) is 14.1. The molecule has 0 aliphatic carbocycles. The zero-order valence-electron chi connectivity index (χ0n) is 10.6. The van der Waals surface area contributed by atoms with Crippen molar-refractivity contribution in [2.75, 3.05) is 0 Å². The van der Waals surface area contributed by atoms with Gasteiger partial charge in [-0.3, -0.25) is 9.36 Å². The molecule has 7 heteroatoms. The van der Waals surface area contributed by atoms with Crippen LogP contribution in [0.4, 0.5) is 0 Å². The summed E-state index contributed by atoms with van der Waals surface area (Å²) in [6.45, 7) is 1.85. The molecule has 0 N–H and O–H groups in total. The third-order valence-corrected chi connectivity index (χ3v) is 3.16. The van der Waals surface area contributed by atoms with E-state index in [1.54, 1.807) is 28.8 Å². The van der Waals surface area contributed by atoms with E-state index in [2.05, 4.69) is 15.5 Å². The number of aromatic nitrogens is 5. The van der Waals surface area contributed by atoms with Crippen molar-refractivity contribution in [3.63, 3.8) is 0 Å². The van der Waals surface area contributed by atoms with E-state index in [9.17, 15) is 4.79 Å². The Hall–Kier alpha value is -2.47. The Labute approximate surface area is 119 Å².